The molecular weight excluding hydrogens is 416 g/mol. The van der Waals surface area contributed by atoms with E-state index in [2.05, 4.69) is 32.0 Å². The van der Waals surface area contributed by atoms with Crippen LogP contribution >= 0.6 is 0 Å². The number of fused-ring (bicyclic) bond motifs is 1. The summed E-state index contributed by atoms with van der Waals surface area (Å²) in [5.74, 6) is 1.27. The van der Waals surface area contributed by atoms with Gasteiger partial charge in [-0.3, -0.25) is 0 Å². The van der Waals surface area contributed by atoms with Crippen LogP contribution < -0.4 is 4.74 Å². The van der Waals surface area contributed by atoms with Crippen molar-refractivity contribution >= 4 is 16.9 Å². The third kappa shape index (κ3) is 4.93. The molecule has 178 valence electrons. The second kappa shape index (κ2) is 9.60. The molecule has 0 radical (unpaired) electrons. The lowest BCUT2D eigenvalue weighted by Crippen LogP contribution is -2.32. The number of furan rings is 1. The summed E-state index contributed by atoms with van der Waals surface area (Å²) >= 11 is 0. The van der Waals surface area contributed by atoms with Gasteiger partial charge >= 0.3 is 5.97 Å². The van der Waals surface area contributed by atoms with Crippen molar-refractivity contribution < 1.29 is 23.8 Å². The van der Waals surface area contributed by atoms with Crippen LogP contribution in [-0.2, 0) is 10.2 Å². The zero-order chi connectivity index (χ0) is 24.4. The molecule has 3 aromatic rings. The van der Waals surface area contributed by atoms with Gasteiger partial charge < -0.3 is 19.0 Å². The first-order valence-electron chi connectivity index (χ1n) is 11.6. The topological polar surface area (TPSA) is 68.9 Å². The normalized spacial score (nSPS) is 13.2. The summed E-state index contributed by atoms with van der Waals surface area (Å²) in [4.78, 5) is 11.9. The minimum absolute atomic E-state index is 0.234. The van der Waals surface area contributed by atoms with Crippen LogP contribution in [0.5, 0.6) is 5.75 Å². The standard InChI is InChI=1S/C28H36O5/c1-8-28(9-2,25-16-19-10-11-20(26(30)31-7)15-23(19)33-25)21-12-13-22(18(3)14-21)32-17-24(29)27(4,5)6/h10-16,24,29H,8-9,17H2,1-7H3. The van der Waals surface area contributed by atoms with Crippen LogP contribution in [0.15, 0.2) is 46.9 Å². The summed E-state index contributed by atoms with van der Waals surface area (Å²) in [7, 11) is 1.37. The molecule has 0 saturated heterocycles. The van der Waals surface area contributed by atoms with E-state index in [-0.39, 0.29) is 23.4 Å². The van der Waals surface area contributed by atoms with E-state index in [0.717, 1.165) is 40.9 Å². The molecule has 1 aromatic heterocycles. The number of aliphatic hydroxyl groups is 1. The Morgan fingerprint density at radius 2 is 1.76 bits per heavy atom. The van der Waals surface area contributed by atoms with Crippen LogP contribution in [0.2, 0.25) is 0 Å². The van der Waals surface area contributed by atoms with E-state index in [0.29, 0.717) is 11.1 Å². The van der Waals surface area contributed by atoms with Gasteiger partial charge in [-0.05, 0) is 60.6 Å². The van der Waals surface area contributed by atoms with Crippen LogP contribution in [0.3, 0.4) is 0 Å². The fraction of sp³-hybridized carbons (Fsp3) is 0.464. The van der Waals surface area contributed by atoms with Crippen LogP contribution in [0.1, 0.15) is 74.7 Å². The number of esters is 1. The van der Waals surface area contributed by atoms with E-state index < -0.39 is 6.10 Å². The maximum atomic E-state index is 11.9. The predicted molar refractivity (Wildman–Crippen MR) is 131 cm³/mol. The highest BCUT2D eigenvalue weighted by Gasteiger charge is 2.35. The number of benzene rings is 2. The summed E-state index contributed by atoms with van der Waals surface area (Å²) in [6.07, 6.45) is 1.16. The Hall–Kier alpha value is -2.79. The molecule has 1 atom stereocenters. The Labute approximate surface area is 196 Å². The van der Waals surface area contributed by atoms with Crippen molar-refractivity contribution in [3.8, 4) is 5.75 Å². The van der Waals surface area contributed by atoms with Crippen molar-refractivity contribution in [2.24, 2.45) is 5.41 Å². The SMILES string of the molecule is CCC(CC)(c1ccc(OCC(O)C(C)(C)C)c(C)c1)c1cc2ccc(C(=O)OC)cc2o1. The number of hydrogen-bond acceptors (Lipinski definition) is 5. The highest BCUT2D eigenvalue weighted by atomic mass is 16.5. The molecule has 5 heteroatoms. The van der Waals surface area contributed by atoms with Crippen molar-refractivity contribution in [2.75, 3.05) is 13.7 Å². The van der Waals surface area contributed by atoms with Gasteiger partial charge in [-0.2, -0.15) is 0 Å². The monoisotopic (exact) mass is 452 g/mol. The first-order valence-corrected chi connectivity index (χ1v) is 11.6. The maximum absolute atomic E-state index is 11.9. The number of aryl methyl sites for hydroxylation is 1. The minimum Gasteiger partial charge on any atom is -0.491 e. The summed E-state index contributed by atoms with van der Waals surface area (Å²) in [6.45, 7) is 12.6. The molecule has 33 heavy (non-hydrogen) atoms. The van der Waals surface area contributed by atoms with Gasteiger partial charge in [0.15, 0.2) is 0 Å². The van der Waals surface area contributed by atoms with E-state index in [9.17, 15) is 9.90 Å². The first-order chi connectivity index (χ1) is 15.6. The van der Waals surface area contributed by atoms with Crippen molar-refractivity contribution in [3.63, 3.8) is 0 Å². The molecular formula is C28H36O5. The number of ether oxygens (including phenoxy) is 2. The molecule has 1 unspecified atom stereocenters. The molecule has 0 aliphatic rings. The van der Waals surface area contributed by atoms with Crippen molar-refractivity contribution in [2.45, 2.75) is 65.9 Å². The Bertz CT molecular complexity index is 1120. The summed E-state index contributed by atoms with van der Waals surface area (Å²) < 4.78 is 17.1. The molecule has 0 amide bonds. The van der Waals surface area contributed by atoms with Gasteiger partial charge in [-0.1, -0.05) is 52.8 Å². The summed E-state index contributed by atoms with van der Waals surface area (Å²) in [6, 6.07) is 13.7. The number of carbonyl (C=O) groups is 1. The largest absolute Gasteiger partial charge is 0.491 e. The predicted octanol–water partition coefficient (Wildman–Crippen LogP) is 6.42. The van der Waals surface area contributed by atoms with Gasteiger partial charge in [0.2, 0.25) is 0 Å². The van der Waals surface area contributed by atoms with Gasteiger partial charge in [-0.25, -0.2) is 4.79 Å². The third-order valence-corrected chi connectivity index (χ3v) is 6.74. The van der Waals surface area contributed by atoms with Crippen LogP contribution in [0, 0.1) is 12.3 Å². The first kappa shape index (κ1) is 24.8. The molecule has 5 nitrogen and oxygen atoms in total. The lowest BCUT2D eigenvalue weighted by molar-refractivity contribution is 0.0216. The molecule has 1 heterocycles. The lowest BCUT2D eigenvalue weighted by atomic mass is 9.73. The fourth-order valence-electron chi connectivity index (χ4n) is 4.19. The number of carbonyl (C=O) groups excluding carboxylic acids is 1. The zero-order valence-electron chi connectivity index (χ0n) is 20.8. The average molecular weight is 453 g/mol. The number of methoxy groups -OCH3 is 1. The number of aliphatic hydroxyl groups excluding tert-OH is 1. The van der Waals surface area contributed by atoms with Crippen LogP contribution in [0.4, 0.5) is 0 Å². The maximum Gasteiger partial charge on any atom is 0.337 e. The molecule has 0 aliphatic heterocycles. The Balaban J connectivity index is 1.96. The summed E-state index contributed by atoms with van der Waals surface area (Å²) in [5.41, 5.74) is 2.78. The number of rotatable bonds is 8. The van der Waals surface area contributed by atoms with Gasteiger partial charge in [0.1, 0.15) is 23.7 Å². The fourth-order valence-corrected chi connectivity index (χ4v) is 4.19. The Morgan fingerprint density at radius 1 is 1.06 bits per heavy atom. The molecule has 0 aliphatic carbocycles. The van der Waals surface area contributed by atoms with Crippen LogP contribution in [0.25, 0.3) is 11.0 Å². The van der Waals surface area contributed by atoms with Crippen LogP contribution in [-0.4, -0.2) is 30.9 Å². The second-order valence-corrected chi connectivity index (χ2v) is 9.82. The molecule has 0 bridgehead atoms. The average Bonchev–Trinajstić information content (AvgIpc) is 3.22. The van der Waals surface area contributed by atoms with Crippen molar-refractivity contribution in [1.82, 2.24) is 0 Å². The highest BCUT2D eigenvalue weighted by Crippen LogP contribution is 2.42. The Morgan fingerprint density at radius 3 is 2.33 bits per heavy atom. The molecule has 3 rings (SSSR count). The highest BCUT2D eigenvalue weighted by molar-refractivity contribution is 5.94. The van der Waals surface area contributed by atoms with Crippen molar-refractivity contribution in [3.05, 3.63) is 64.9 Å². The zero-order valence-corrected chi connectivity index (χ0v) is 20.8. The Kier molecular flexibility index (Phi) is 7.23. The molecule has 0 saturated carbocycles. The lowest BCUT2D eigenvalue weighted by Gasteiger charge is -2.31. The second-order valence-electron chi connectivity index (χ2n) is 9.82. The quantitative estimate of drug-likeness (QED) is 0.399. The van der Waals surface area contributed by atoms with E-state index in [1.165, 1.54) is 7.11 Å². The van der Waals surface area contributed by atoms with E-state index in [4.69, 9.17) is 13.9 Å². The summed E-state index contributed by atoms with van der Waals surface area (Å²) in [5, 5.41) is 11.3. The van der Waals surface area contributed by atoms with Gasteiger partial charge in [0.25, 0.3) is 0 Å². The molecule has 2 aromatic carbocycles. The third-order valence-electron chi connectivity index (χ3n) is 6.74. The van der Waals surface area contributed by atoms with E-state index in [1.807, 2.05) is 39.8 Å². The van der Waals surface area contributed by atoms with E-state index in [1.54, 1.807) is 12.1 Å². The molecule has 0 spiro atoms. The van der Waals surface area contributed by atoms with Gasteiger partial charge in [-0.15, -0.1) is 0 Å². The number of hydrogen-bond donors (Lipinski definition) is 1. The van der Waals surface area contributed by atoms with Gasteiger partial charge in [0.05, 0.1) is 24.2 Å². The molecule has 1 N–H and O–H groups in total. The van der Waals surface area contributed by atoms with E-state index >= 15 is 0 Å². The van der Waals surface area contributed by atoms with Gasteiger partial charge in [0, 0.05) is 5.39 Å². The molecule has 0 fully saturated rings. The smallest absolute Gasteiger partial charge is 0.337 e. The van der Waals surface area contributed by atoms with Crippen molar-refractivity contribution in [1.29, 1.82) is 0 Å². The minimum atomic E-state index is -0.549.